The van der Waals surface area contributed by atoms with Crippen molar-refractivity contribution in [2.45, 2.75) is 51.6 Å². The highest BCUT2D eigenvalue weighted by Gasteiger charge is 2.24. The molecule has 0 bridgehead atoms. The molecule has 2 N–H and O–H groups in total. The van der Waals surface area contributed by atoms with Crippen LogP contribution in [0.4, 0.5) is 11.5 Å². The number of anilines is 1. The molecule has 0 amide bonds. The lowest BCUT2D eigenvalue weighted by atomic mass is 9.95. The summed E-state index contributed by atoms with van der Waals surface area (Å²) < 4.78 is 2.39. The van der Waals surface area contributed by atoms with E-state index in [1.54, 1.807) is 6.92 Å². The summed E-state index contributed by atoms with van der Waals surface area (Å²) in [5.41, 5.74) is 4.31. The first-order valence-electron chi connectivity index (χ1n) is 6.60. The Labute approximate surface area is 110 Å². The van der Waals surface area contributed by atoms with Gasteiger partial charge in [-0.3, -0.25) is 13.9 Å². The molecule has 104 valence electrons. The second kappa shape index (κ2) is 5.38. The van der Waals surface area contributed by atoms with Crippen molar-refractivity contribution in [1.82, 2.24) is 9.13 Å². The molecular formula is C12H18N4O3. The average Bonchev–Trinajstić information content (AvgIpc) is 2.41. The number of nitrogen functional groups attached to an aromatic ring is 1. The van der Waals surface area contributed by atoms with Crippen molar-refractivity contribution in [1.29, 1.82) is 0 Å². The van der Waals surface area contributed by atoms with Crippen molar-refractivity contribution < 1.29 is 0 Å². The van der Waals surface area contributed by atoms with Crippen molar-refractivity contribution in [2.24, 2.45) is 5.18 Å². The monoisotopic (exact) mass is 266 g/mol. The molecule has 1 heterocycles. The molecule has 0 spiro atoms. The van der Waals surface area contributed by atoms with Gasteiger partial charge in [0.25, 0.3) is 5.56 Å². The van der Waals surface area contributed by atoms with E-state index in [-0.39, 0.29) is 24.1 Å². The first-order valence-corrected chi connectivity index (χ1v) is 6.60. The third-order valence-electron chi connectivity index (χ3n) is 3.73. The van der Waals surface area contributed by atoms with Gasteiger partial charge in [-0.25, -0.2) is 4.79 Å². The molecule has 0 unspecified atom stereocenters. The van der Waals surface area contributed by atoms with Crippen LogP contribution in [-0.2, 0) is 6.54 Å². The summed E-state index contributed by atoms with van der Waals surface area (Å²) >= 11 is 0. The number of nitrogens with zero attached hydrogens (tertiary/aromatic N) is 3. The Kier molecular flexibility index (Phi) is 3.82. The summed E-state index contributed by atoms with van der Waals surface area (Å²) in [6.07, 6.45) is 4.85. The van der Waals surface area contributed by atoms with E-state index in [4.69, 9.17) is 5.73 Å². The molecule has 1 aliphatic carbocycles. The maximum Gasteiger partial charge on any atom is 0.332 e. The number of rotatable bonds is 3. The van der Waals surface area contributed by atoms with Crippen molar-refractivity contribution in [3.8, 4) is 0 Å². The minimum Gasteiger partial charge on any atom is -0.383 e. The fourth-order valence-corrected chi connectivity index (χ4v) is 2.73. The third kappa shape index (κ3) is 2.20. The minimum absolute atomic E-state index is 0.0415. The Morgan fingerprint density at radius 2 is 1.89 bits per heavy atom. The molecule has 1 aromatic heterocycles. The molecule has 0 radical (unpaired) electrons. The van der Waals surface area contributed by atoms with Crippen LogP contribution in [0.2, 0.25) is 0 Å². The van der Waals surface area contributed by atoms with Crippen LogP contribution < -0.4 is 17.0 Å². The van der Waals surface area contributed by atoms with Crippen molar-refractivity contribution >= 4 is 11.5 Å². The standard InChI is InChI=1S/C12H18N4O3/c1-2-15-11(17)9(14-19)10(13)16(12(15)18)8-6-4-3-5-7-8/h8H,2-7,13H2,1H3. The van der Waals surface area contributed by atoms with Crippen LogP contribution in [-0.4, -0.2) is 9.13 Å². The molecule has 0 aromatic carbocycles. The molecule has 1 fully saturated rings. The summed E-state index contributed by atoms with van der Waals surface area (Å²) in [7, 11) is 0. The molecule has 1 aliphatic rings. The number of nitroso groups, excluding NO2 is 1. The Hall–Kier alpha value is -1.92. The summed E-state index contributed by atoms with van der Waals surface area (Å²) in [5.74, 6) is -0.0957. The highest BCUT2D eigenvalue weighted by Crippen LogP contribution is 2.30. The van der Waals surface area contributed by atoms with Crippen LogP contribution in [0.15, 0.2) is 14.8 Å². The second-order valence-electron chi connectivity index (χ2n) is 4.82. The van der Waals surface area contributed by atoms with Gasteiger partial charge in [-0.1, -0.05) is 19.3 Å². The molecule has 19 heavy (non-hydrogen) atoms. The van der Waals surface area contributed by atoms with E-state index in [1.807, 2.05) is 0 Å². The van der Waals surface area contributed by atoms with Gasteiger partial charge >= 0.3 is 5.69 Å². The number of nitrogens with two attached hydrogens (primary N) is 1. The van der Waals surface area contributed by atoms with Gasteiger partial charge in [-0.15, -0.1) is 4.91 Å². The van der Waals surface area contributed by atoms with E-state index < -0.39 is 11.2 Å². The lowest BCUT2D eigenvalue weighted by Crippen LogP contribution is -2.42. The van der Waals surface area contributed by atoms with Gasteiger partial charge in [-0.05, 0) is 24.9 Å². The smallest absolute Gasteiger partial charge is 0.332 e. The molecule has 7 nitrogen and oxygen atoms in total. The van der Waals surface area contributed by atoms with Crippen LogP contribution in [0.1, 0.15) is 45.1 Å². The van der Waals surface area contributed by atoms with E-state index in [1.165, 1.54) is 4.57 Å². The predicted molar refractivity (Wildman–Crippen MR) is 72.6 cm³/mol. The van der Waals surface area contributed by atoms with Gasteiger partial charge in [0.1, 0.15) is 5.82 Å². The summed E-state index contributed by atoms with van der Waals surface area (Å²) in [6, 6.07) is -0.0415. The van der Waals surface area contributed by atoms with Crippen molar-refractivity contribution in [2.75, 3.05) is 5.73 Å². The summed E-state index contributed by atoms with van der Waals surface area (Å²) in [6.45, 7) is 1.88. The molecule has 0 aliphatic heterocycles. The van der Waals surface area contributed by atoms with E-state index in [0.29, 0.717) is 0 Å². The zero-order valence-electron chi connectivity index (χ0n) is 11.0. The Morgan fingerprint density at radius 1 is 1.26 bits per heavy atom. The van der Waals surface area contributed by atoms with Crippen molar-refractivity contribution in [3.05, 3.63) is 25.7 Å². The van der Waals surface area contributed by atoms with Gasteiger partial charge < -0.3 is 5.73 Å². The van der Waals surface area contributed by atoms with Gasteiger partial charge in [0.2, 0.25) is 5.69 Å². The van der Waals surface area contributed by atoms with Crippen LogP contribution in [0, 0.1) is 4.91 Å². The lowest BCUT2D eigenvalue weighted by molar-refractivity contribution is 0.339. The molecule has 1 aromatic rings. The first kappa shape index (κ1) is 13.5. The number of hydrogen-bond donors (Lipinski definition) is 1. The third-order valence-corrected chi connectivity index (χ3v) is 3.73. The lowest BCUT2D eigenvalue weighted by Gasteiger charge is -2.26. The molecule has 0 atom stereocenters. The van der Waals surface area contributed by atoms with Gasteiger partial charge in [0, 0.05) is 12.6 Å². The second-order valence-corrected chi connectivity index (χ2v) is 4.82. The topological polar surface area (TPSA) is 99.4 Å². The maximum atomic E-state index is 12.3. The number of aromatic nitrogens is 2. The normalized spacial score (nSPS) is 16.5. The zero-order chi connectivity index (χ0) is 14.0. The van der Waals surface area contributed by atoms with Crippen LogP contribution in [0.3, 0.4) is 0 Å². The Balaban J connectivity index is 2.68. The predicted octanol–water partition coefficient (Wildman–Crippen LogP) is 1.52. The molecule has 2 rings (SSSR count). The largest absolute Gasteiger partial charge is 0.383 e. The van der Waals surface area contributed by atoms with Crippen LogP contribution >= 0.6 is 0 Å². The molecule has 7 heteroatoms. The van der Waals surface area contributed by atoms with E-state index >= 15 is 0 Å². The highest BCUT2D eigenvalue weighted by atomic mass is 16.3. The quantitative estimate of drug-likeness (QED) is 0.838. The zero-order valence-corrected chi connectivity index (χ0v) is 11.0. The molecule has 1 saturated carbocycles. The van der Waals surface area contributed by atoms with Crippen molar-refractivity contribution in [3.63, 3.8) is 0 Å². The van der Waals surface area contributed by atoms with Gasteiger partial charge in [0.15, 0.2) is 0 Å². The van der Waals surface area contributed by atoms with E-state index in [2.05, 4.69) is 5.18 Å². The average molecular weight is 266 g/mol. The fraction of sp³-hybridized carbons (Fsp3) is 0.667. The summed E-state index contributed by atoms with van der Waals surface area (Å²) in [4.78, 5) is 35.0. The summed E-state index contributed by atoms with van der Waals surface area (Å²) in [5, 5.41) is 2.71. The minimum atomic E-state index is -0.702. The first-order chi connectivity index (χ1) is 9.11. The number of hydrogen-bond acceptors (Lipinski definition) is 5. The van der Waals surface area contributed by atoms with Crippen LogP contribution in [0.5, 0.6) is 0 Å². The Morgan fingerprint density at radius 3 is 2.42 bits per heavy atom. The Bertz CT molecular complexity index is 596. The van der Waals surface area contributed by atoms with E-state index in [9.17, 15) is 14.5 Å². The fourth-order valence-electron chi connectivity index (χ4n) is 2.73. The van der Waals surface area contributed by atoms with Gasteiger partial charge in [0.05, 0.1) is 0 Å². The van der Waals surface area contributed by atoms with Crippen LogP contribution in [0.25, 0.3) is 0 Å². The maximum absolute atomic E-state index is 12.3. The van der Waals surface area contributed by atoms with Gasteiger partial charge in [-0.2, -0.15) is 0 Å². The van der Waals surface area contributed by atoms with E-state index in [0.717, 1.165) is 36.7 Å². The molecular weight excluding hydrogens is 248 g/mol. The SMILES string of the molecule is CCn1c(=O)c(N=O)c(N)n(C2CCCCC2)c1=O. The highest BCUT2D eigenvalue weighted by molar-refractivity contribution is 5.56. The molecule has 0 saturated heterocycles.